The molecule has 5 heteroatoms. The molecule has 0 radical (unpaired) electrons. The van der Waals surface area contributed by atoms with Crippen LogP contribution in [-0.4, -0.2) is 34.8 Å². The van der Waals surface area contributed by atoms with Crippen molar-refractivity contribution in [1.82, 2.24) is 20.4 Å². The van der Waals surface area contributed by atoms with E-state index in [1.54, 1.807) is 6.20 Å². The van der Waals surface area contributed by atoms with Crippen molar-refractivity contribution in [3.05, 3.63) is 30.1 Å². The predicted molar refractivity (Wildman–Crippen MR) is 83.9 cm³/mol. The van der Waals surface area contributed by atoms with Crippen LogP contribution in [-0.2, 0) is 11.3 Å². The van der Waals surface area contributed by atoms with Gasteiger partial charge < -0.3 is 10.6 Å². The van der Waals surface area contributed by atoms with E-state index in [0.717, 1.165) is 26.1 Å². The van der Waals surface area contributed by atoms with Crippen molar-refractivity contribution in [3.8, 4) is 0 Å². The molecule has 1 heterocycles. The molecule has 1 amide bonds. The van der Waals surface area contributed by atoms with Gasteiger partial charge in [0.05, 0.1) is 12.6 Å². The van der Waals surface area contributed by atoms with Crippen molar-refractivity contribution in [2.24, 2.45) is 0 Å². The van der Waals surface area contributed by atoms with Gasteiger partial charge in [-0.3, -0.25) is 9.48 Å². The molecule has 0 aliphatic heterocycles. The topological polar surface area (TPSA) is 59.0 Å². The average molecular weight is 290 g/mol. The zero-order valence-corrected chi connectivity index (χ0v) is 12.8. The minimum Gasteiger partial charge on any atom is -0.354 e. The van der Waals surface area contributed by atoms with Crippen LogP contribution in [0.3, 0.4) is 0 Å². The fraction of sp³-hybridized carbons (Fsp3) is 0.625. The molecule has 0 saturated carbocycles. The monoisotopic (exact) mass is 290 g/mol. The number of nitrogens with one attached hydrogen (secondary N) is 2. The first-order chi connectivity index (χ1) is 10.3. The van der Waals surface area contributed by atoms with Crippen LogP contribution >= 0.6 is 0 Å². The van der Waals surface area contributed by atoms with E-state index in [0.29, 0.717) is 0 Å². The van der Waals surface area contributed by atoms with E-state index < -0.39 is 0 Å². The number of carbonyl (C=O) groups excluding carboxylic acids is 1. The Morgan fingerprint density at radius 1 is 1.43 bits per heavy atom. The van der Waals surface area contributed by atoms with Crippen molar-refractivity contribution >= 4 is 5.91 Å². The second-order valence-electron chi connectivity index (χ2n) is 5.59. The zero-order valence-electron chi connectivity index (χ0n) is 12.8. The van der Waals surface area contributed by atoms with Gasteiger partial charge in [-0.25, -0.2) is 0 Å². The van der Waals surface area contributed by atoms with Gasteiger partial charge in [0.1, 0.15) is 0 Å². The summed E-state index contributed by atoms with van der Waals surface area (Å²) in [6.45, 7) is 4.16. The molecule has 2 rings (SSSR count). The average Bonchev–Trinajstić information content (AvgIpc) is 3.01. The van der Waals surface area contributed by atoms with Gasteiger partial charge in [0.2, 0.25) is 5.91 Å². The molecule has 5 nitrogen and oxygen atoms in total. The number of hydrogen-bond donors (Lipinski definition) is 2. The van der Waals surface area contributed by atoms with Gasteiger partial charge in [0, 0.05) is 25.5 Å². The van der Waals surface area contributed by atoms with Crippen molar-refractivity contribution in [1.29, 1.82) is 0 Å². The molecule has 1 aromatic rings. The van der Waals surface area contributed by atoms with Crippen molar-refractivity contribution in [2.75, 3.05) is 13.1 Å². The number of amides is 1. The second kappa shape index (κ2) is 8.62. The molecule has 1 aromatic heterocycles. The minimum absolute atomic E-state index is 0.0758. The number of nitrogens with zero attached hydrogens (tertiary/aromatic N) is 2. The Kier molecular flexibility index (Phi) is 6.47. The van der Waals surface area contributed by atoms with E-state index in [4.69, 9.17) is 0 Å². The summed E-state index contributed by atoms with van der Waals surface area (Å²) in [5.41, 5.74) is 1.50. The van der Waals surface area contributed by atoms with E-state index in [9.17, 15) is 4.79 Å². The lowest BCUT2D eigenvalue weighted by molar-refractivity contribution is -0.122. The summed E-state index contributed by atoms with van der Waals surface area (Å²) in [4.78, 5) is 12.0. The van der Waals surface area contributed by atoms with E-state index in [2.05, 4.69) is 21.8 Å². The first-order valence-corrected chi connectivity index (χ1v) is 7.92. The Morgan fingerprint density at radius 2 is 2.33 bits per heavy atom. The molecular formula is C16H26N4O. The van der Waals surface area contributed by atoms with Gasteiger partial charge in [0.25, 0.3) is 0 Å². The third-order valence-corrected chi connectivity index (χ3v) is 3.87. The molecule has 0 aromatic carbocycles. The number of rotatable bonds is 8. The number of allylic oxidation sites excluding steroid dienone is 1. The lowest BCUT2D eigenvalue weighted by Gasteiger charge is -2.16. The van der Waals surface area contributed by atoms with Crippen LogP contribution < -0.4 is 10.6 Å². The van der Waals surface area contributed by atoms with Gasteiger partial charge in [-0.2, -0.15) is 5.10 Å². The molecule has 0 saturated heterocycles. The fourth-order valence-corrected chi connectivity index (χ4v) is 2.55. The molecular weight excluding hydrogens is 264 g/mol. The van der Waals surface area contributed by atoms with Crippen molar-refractivity contribution in [3.63, 3.8) is 0 Å². The van der Waals surface area contributed by atoms with Gasteiger partial charge >= 0.3 is 0 Å². The maximum Gasteiger partial charge on any atom is 0.236 e. The first kappa shape index (κ1) is 15.8. The summed E-state index contributed by atoms with van der Waals surface area (Å²) in [5.74, 6) is 0.0758. The number of carbonyl (C=O) groups is 1. The molecule has 0 fully saturated rings. The largest absolute Gasteiger partial charge is 0.354 e. The Hall–Kier alpha value is -1.62. The highest BCUT2D eigenvalue weighted by Gasteiger charge is 2.11. The summed E-state index contributed by atoms with van der Waals surface area (Å²) >= 11 is 0. The van der Waals surface area contributed by atoms with Crippen LogP contribution in [0, 0.1) is 0 Å². The van der Waals surface area contributed by atoms with Gasteiger partial charge in [-0.1, -0.05) is 11.6 Å². The summed E-state index contributed by atoms with van der Waals surface area (Å²) in [7, 11) is 0. The maximum absolute atomic E-state index is 12.0. The maximum atomic E-state index is 12.0. The zero-order chi connectivity index (χ0) is 14.9. The molecule has 0 bridgehead atoms. The molecule has 116 valence electrons. The quantitative estimate of drug-likeness (QED) is 0.719. The standard InChI is InChI=1S/C16H26N4O/c1-14(17-11-13-20-12-5-9-19-20)16(21)18-10-8-15-6-3-2-4-7-15/h5-6,9,12,14,17H,2-4,7-8,10-11,13H2,1H3,(H,18,21)/t14-/m1/s1. The number of hydrogen-bond acceptors (Lipinski definition) is 3. The van der Waals surface area contributed by atoms with Gasteiger partial charge in [-0.05, 0) is 45.1 Å². The Balaban J connectivity index is 1.57. The smallest absolute Gasteiger partial charge is 0.236 e. The van der Waals surface area contributed by atoms with E-state index >= 15 is 0 Å². The van der Waals surface area contributed by atoms with Crippen molar-refractivity contribution in [2.45, 2.75) is 51.6 Å². The number of aromatic nitrogens is 2. The van der Waals surface area contributed by atoms with Crippen LogP contribution in [0.5, 0.6) is 0 Å². The lowest BCUT2D eigenvalue weighted by Crippen LogP contribution is -2.43. The van der Waals surface area contributed by atoms with Crippen LogP contribution in [0.2, 0.25) is 0 Å². The summed E-state index contributed by atoms with van der Waals surface area (Å²) in [6, 6.07) is 1.73. The highest BCUT2D eigenvalue weighted by atomic mass is 16.2. The van der Waals surface area contributed by atoms with E-state index in [1.807, 2.05) is 23.9 Å². The molecule has 1 aliphatic carbocycles. The molecule has 2 N–H and O–H groups in total. The fourth-order valence-electron chi connectivity index (χ4n) is 2.55. The van der Waals surface area contributed by atoms with Crippen molar-refractivity contribution < 1.29 is 4.79 Å². The summed E-state index contributed by atoms with van der Waals surface area (Å²) in [5, 5.41) is 10.4. The van der Waals surface area contributed by atoms with Crippen LogP contribution in [0.15, 0.2) is 30.1 Å². The molecule has 1 aliphatic rings. The molecule has 21 heavy (non-hydrogen) atoms. The minimum atomic E-state index is -0.166. The van der Waals surface area contributed by atoms with Crippen LogP contribution in [0.25, 0.3) is 0 Å². The van der Waals surface area contributed by atoms with Gasteiger partial charge in [0.15, 0.2) is 0 Å². The molecule has 1 atom stereocenters. The highest BCUT2D eigenvalue weighted by molar-refractivity contribution is 5.81. The van der Waals surface area contributed by atoms with E-state index in [1.165, 1.54) is 31.3 Å². The second-order valence-corrected chi connectivity index (χ2v) is 5.59. The van der Waals surface area contributed by atoms with Gasteiger partial charge in [-0.15, -0.1) is 0 Å². The predicted octanol–water partition coefficient (Wildman–Crippen LogP) is 1.87. The third-order valence-electron chi connectivity index (χ3n) is 3.87. The molecule has 0 unspecified atom stereocenters. The summed E-state index contributed by atoms with van der Waals surface area (Å²) in [6.07, 6.45) is 12.0. The SMILES string of the molecule is C[C@@H](NCCn1cccn1)C(=O)NCCC1=CCCCC1. The Morgan fingerprint density at radius 3 is 3.05 bits per heavy atom. The molecule has 0 spiro atoms. The summed E-state index contributed by atoms with van der Waals surface area (Å²) < 4.78 is 1.85. The Labute approximate surface area is 126 Å². The first-order valence-electron chi connectivity index (χ1n) is 7.92. The normalized spacial score (nSPS) is 16.3. The van der Waals surface area contributed by atoms with Crippen LogP contribution in [0.4, 0.5) is 0 Å². The highest BCUT2D eigenvalue weighted by Crippen LogP contribution is 2.19. The van der Waals surface area contributed by atoms with Crippen LogP contribution in [0.1, 0.15) is 39.0 Å². The Bertz CT molecular complexity index is 453. The van der Waals surface area contributed by atoms with E-state index in [-0.39, 0.29) is 11.9 Å². The lowest BCUT2D eigenvalue weighted by atomic mass is 9.97. The third kappa shape index (κ3) is 5.71.